The molecule has 104 valence electrons. The number of benzene rings is 1. The van der Waals surface area contributed by atoms with Gasteiger partial charge in [0.1, 0.15) is 0 Å². The van der Waals surface area contributed by atoms with Gasteiger partial charge in [-0.2, -0.15) is 0 Å². The van der Waals surface area contributed by atoms with Crippen LogP contribution in [-0.2, 0) is 0 Å². The smallest absolute Gasteiger partial charge is 0.255 e. The second-order valence-corrected chi connectivity index (χ2v) is 5.68. The molecule has 1 saturated heterocycles. The zero-order chi connectivity index (χ0) is 14.0. The maximum Gasteiger partial charge on any atom is 0.255 e. The molecule has 0 bridgehead atoms. The van der Waals surface area contributed by atoms with E-state index in [0.29, 0.717) is 30.8 Å². The number of nitrogens with two attached hydrogens (primary N) is 1. The van der Waals surface area contributed by atoms with Gasteiger partial charge in [-0.05, 0) is 44.7 Å². The van der Waals surface area contributed by atoms with Crippen molar-refractivity contribution in [2.75, 3.05) is 18.8 Å². The first-order valence-corrected chi connectivity index (χ1v) is 6.77. The van der Waals surface area contributed by atoms with Crippen LogP contribution in [0.3, 0.4) is 0 Å². The molecule has 1 heterocycles. The minimum absolute atomic E-state index is 0.0288. The van der Waals surface area contributed by atoms with Gasteiger partial charge < -0.3 is 15.7 Å². The zero-order valence-corrected chi connectivity index (χ0v) is 11.6. The predicted octanol–water partition coefficient (Wildman–Crippen LogP) is 1.95. The molecule has 2 rings (SSSR count). The van der Waals surface area contributed by atoms with E-state index >= 15 is 0 Å². The van der Waals surface area contributed by atoms with Gasteiger partial charge in [0.25, 0.3) is 5.91 Å². The molecule has 3 N–H and O–H groups in total. The lowest BCUT2D eigenvalue weighted by molar-refractivity contribution is 0.0438. The number of likely N-dealkylation sites (tertiary alicyclic amines) is 1. The lowest BCUT2D eigenvalue weighted by atomic mass is 9.98. The molecule has 0 aliphatic carbocycles. The van der Waals surface area contributed by atoms with Crippen LogP contribution in [0.1, 0.15) is 42.1 Å². The monoisotopic (exact) mass is 262 g/mol. The molecule has 0 spiro atoms. The first-order valence-electron chi connectivity index (χ1n) is 6.77. The fraction of sp³-hybridized carbons (Fsp3) is 0.533. The van der Waals surface area contributed by atoms with Crippen molar-refractivity contribution in [2.45, 2.75) is 38.7 Å². The lowest BCUT2D eigenvalue weighted by Crippen LogP contribution is -2.34. The Bertz CT molecular complexity index is 483. The molecule has 1 aromatic rings. The van der Waals surface area contributed by atoms with E-state index in [1.54, 1.807) is 11.0 Å². The highest BCUT2D eigenvalue weighted by atomic mass is 16.3. The van der Waals surface area contributed by atoms with E-state index in [4.69, 9.17) is 5.73 Å². The Kier molecular flexibility index (Phi) is 3.80. The van der Waals surface area contributed by atoms with Gasteiger partial charge in [-0.15, -0.1) is 0 Å². The number of hydrogen-bond acceptors (Lipinski definition) is 3. The molecule has 1 amide bonds. The molecule has 0 saturated carbocycles. The van der Waals surface area contributed by atoms with E-state index in [1.807, 2.05) is 26.0 Å². The molecule has 0 radical (unpaired) electrons. The number of hydrogen-bond donors (Lipinski definition) is 2. The number of aryl methyl sites for hydroxylation is 1. The van der Waals surface area contributed by atoms with Crippen LogP contribution in [0.4, 0.5) is 5.69 Å². The summed E-state index contributed by atoms with van der Waals surface area (Å²) in [6.45, 7) is 5.00. The molecule has 4 nitrogen and oxygen atoms in total. The number of para-hydroxylation sites is 1. The molecule has 19 heavy (non-hydrogen) atoms. The minimum Gasteiger partial charge on any atom is -0.398 e. The molecule has 1 aliphatic heterocycles. The van der Waals surface area contributed by atoms with Crippen molar-refractivity contribution in [1.29, 1.82) is 0 Å². The van der Waals surface area contributed by atoms with E-state index in [9.17, 15) is 9.90 Å². The second kappa shape index (κ2) is 5.21. The van der Waals surface area contributed by atoms with Crippen LogP contribution in [0.5, 0.6) is 0 Å². The average molecular weight is 262 g/mol. The maximum absolute atomic E-state index is 12.5. The number of amides is 1. The number of carbonyl (C=O) groups is 1. The Hall–Kier alpha value is -1.55. The molecule has 1 fully saturated rings. The number of nitrogens with zero attached hydrogens (tertiary/aromatic N) is 1. The zero-order valence-electron chi connectivity index (χ0n) is 11.6. The van der Waals surface area contributed by atoms with E-state index in [1.165, 1.54) is 0 Å². The summed E-state index contributed by atoms with van der Waals surface area (Å²) in [5.41, 5.74) is 7.38. The van der Waals surface area contributed by atoms with Gasteiger partial charge in [0.15, 0.2) is 0 Å². The third kappa shape index (κ3) is 3.07. The van der Waals surface area contributed by atoms with Crippen LogP contribution >= 0.6 is 0 Å². The van der Waals surface area contributed by atoms with Gasteiger partial charge in [0, 0.05) is 18.8 Å². The van der Waals surface area contributed by atoms with Crippen LogP contribution in [-0.4, -0.2) is 34.6 Å². The molecular formula is C15H22N2O2. The van der Waals surface area contributed by atoms with Crippen molar-refractivity contribution >= 4 is 11.6 Å². The maximum atomic E-state index is 12.5. The average Bonchev–Trinajstić information content (AvgIpc) is 2.53. The van der Waals surface area contributed by atoms with Crippen LogP contribution < -0.4 is 5.73 Å². The molecule has 1 aliphatic rings. The van der Waals surface area contributed by atoms with Crippen molar-refractivity contribution in [3.63, 3.8) is 0 Å². The summed E-state index contributed by atoms with van der Waals surface area (Å²) < 4.78 is 0. The SMILES string of the molecule is Cc1cccc(C(=O)N2CCCC(C)(O)CC2)c1N. The largest absolute Gasteiger partial charge is 0.398 e. The topological polar surface area (TPSA) is 66.6 Å². The Morgan fingerprint density at radius 3 is 2.84 bits per heavy atom. The molecule has 0 aromatic heterocycles. The van der Waals surface area contributed by atoms with Gasteiger partial charge in [-0.3, -0.25) is 4.79 Å². The Morgan fingerprint density at radius 1 is 1.37 bits per heavy atom. The first kappa shape index (κ1) is 13.9. The summed E-state index contributed by atoms with van der Waals surface area (Å²) in [5.74, 6) is -0.0288. The molecule has 1 aromatic carbocycles. The Morgan fingerprint density at radius 2 is 2.11 bits per heavy atom. The molecule has 4 heteroatoms. The van der Waals surface area contributed by atoms with E-state index in [-0.39, 0.29) is 5.91 Å². The summed E-state index contributed by atoms with van der Waals surface area (Å²) in [6.07, 6.45) is 2.18. The van der Waals surface area contributed by atoms with Crippen molar-refractivity contribution in [3.05, 3.63) is 29.3 Å². The summed E-state index contributed by atoms with van der Waals surface area (Å²) in [4.78, 5) is 14.3. The fourth-order valence-corrected chi connectivity index (χ4v) is 2.50. The number of carbonyl (C=O) groups excluding carboxylic acids is 1. The number of rotatable bonds is 1. The van der Waals surface area contributed by atoms with Crippen LogP contribution in [0.15, 0.2) is 18.2 Å². The van der Waals surface area contributed by atoms with Gasteiger partial charge in [0.05, 0.1) is 11.2 Å². The van der Waals surface area contributed by atoms with Crippen LogP contribution in [0, 0.1) is 6.92 Å². The third-order valence-electron chi connectivity index (χ3n) is 3.91. The molecule has 1 unspecified atom stereocenters. The van der Waals surface area contributed by atoms with Crippen molar-refractivity contribution in [2.24, 2.45) is 0 Å². The van der Waals surface area contributed by atoms with Gasteiger partial charge in [-0.25, -0.2) is 0 Å². The Balaban J connectivity index is 2.18. The Labute approximate surface area is 114 Å². The second-order valence-electron chi connectivity index (χ2n) is 5.68. The van der Waals surface area contributed by atoms with E-state index in [2.05, 4.69) is 0 Å². The highest BCUT2D eigenvalue weighted by Crippen LogP contribution is 2.24. The van der Waals surface area contributed by atoms with E-state index < -0.39 is 5.60 Å². The van der Waals surface area contributed by atoms with Crippen molar-refractivity contribution in [1.82, 2.24) is 4.90 Å². The summed E-state index contributed by atoms with van der Waals surface area (Å²) >= 11 is 0. The van der Waals surface area contributed by atoms with Crippen LogP contribution in [0.25, 0.3) is 0 Å². The minimum atomic E-state index is -0.660. The normalized spacial score (nSPS) is 24.1. The highest BCUT2D eigenvalue weighted by molar-refractivity contribution is 5.99. The summed E-state index contributed by atoms with van der Waals surface area (Å²) in [5, 5.41) is 10.1. The number of aliphatic hydroxyl groups is 1. The standard InChI is InChI=1S/C15H22N2O2/c1-11-5-3-6-12(13(11)16)14(18)17-9-4-7-15(2,19)8-10-17/h3,5-6,19H,4,7-10,16H2,1-2H3. The van der Waals surface area contributed by atoms with Crippen molar-refractivity contribution < 1.29 is 9.90 Å². The van der Waals surface area contributed by atoms with Gasteiger partial charge >= 0.3 is 0 Å². The fourth-order valence-electron chi connectivity index (χ4n) is 2.50. The van der Waals surface area contributed by atoms with Crippen molar-refractivity contribution in [3.8, 4) is 0 Å². The number of nitrogen functional groups attached to an aromatic ring is 1. The third-order valence-corrected chi connectivity index (χ3v) is 3.91. The number of anilines is 1. The van der Waals surface area contributed by atoms with Crippen LogP contribution in [0.2, 0.25) is 0 Å². The lowest BCUT2D eigenvalue weighted by Gasteiger charge is -2.23. The first-order chi connectivity index (χ1) is 8.91. The molecular weight excluding hydrogens is 240 g/mol. The van der Waals surface area contributed by atoms with Gasteiger partial charge in [0.2, 0.25) is 0 Å². The highest BCUT2D eigenvalue weighted by Gasteiger charge is 2.28. The summed E-state index contributed by atoms with van der Waals surface area (Å²) in [7, 11) is 0. The van der Waals surface area contributed by atoms with Gasteiger partial charge in [-0.1, -0.05) is 12.1 Å². The predicted molar refractivity (Wildman–Crippen MR) is 76.0 cm³/mol. The molecule has 1 atom stereocenters. The van der Waals surface area contributed by atoms with E-state index in [0.717, 1.165) is 18.4 Å². The summed E-state index contributed by atoms with van der Waals surface area (Å²) in [6, 6.07) is 5.53. The quantitative estimate of drug-likeness (QED) is 0.760.